The van der Waals surface area contributed by atoms with Gasteiger partial charge in [-0.15, -0.1) is 0 Å². The number of carbonyl (C=O) groups excluding carboxylic acids is 1. The standard InChI is InChI=1S/C14H26N2O4/c1-3-19-13(20-4-2)9-16-7-8-18-10-12(16)14(17)15-11-5-6-11/h11-13H,3-10H2,1-2H3,(H,15,17). The highest BCUT2D eigenvalue weighted by Crippen LogP contribution is 2.20. The molecule has 1 aliphatic heterocycles. The number of ether oxygens (including phenoxy) is 3. The number of carbonyl (C=O) groups is 1. The summed E-state index contributed by atoms with van der Waals surface area (Å²) >= 11 is 0. The van der Waals surface area contributed by atoms with Crippen LogP contribution in [0.3, 0.4) is 0 Å². The number of rotatable bonds is 8. The van der Waals surface area contributed by atoms with Crippen LogP contribution in [0.5, 0.6) is 0 Å². The van der Waals surface area contributed by atoms with Crippen LogP contribution in [0.1, 0.15) is 26.7 Å². The van der Waals surface area contributed by atoms with Gasteiger partial charge in [-0.25, -0.2) is 0 Å². The molecule has 2 fully saturated rings. The third-order valence-electron chi connectivity index (χ3n) is 3.55. The molecule has 2 aliphatic rings. The highest BCUT2D eigenvalue weighted by molar-refractivity contribution is 5.82. The first-order valence-corrected chi connectivity index (χ1v) is 7.60. The maximum absolute atomic E-state index is 12.2. The second kappa shape index (κ2) is 7.93. The fourth-order valence-electron chi connectivity index (χ4n) is 2.34. The molecule has 1 unspecified atom stereocenters. The smallest absolute Gasteiger partial charge is 0.239 e. The minimum absolute atomic E-state index is 0.0685. The molecule has 20 heavy (non-hydrogen) atoms. The number of hydrogen-bond donors (Lipinski definition) is 1. The number of amides is 1. The third kappa shape index (κ3) is 4.70. The summed E-state index contributed by atoms with van der Waals surface area (Å²) < 4.78 is 16.6. The Morgan fingerprint density at radius 2 is 2.05 bits per heavy atom. The van der Waals surface area contributed by atoms with Crippen molar-refractivity contribution >= 4 is 5.91 Å². The van der Waals surface area contributed by atoms with E-state index in [1.807, 2.05) is 13.8 Å². The molecule has 1 heterocycles. The van der Waals surface area contributed by atoms with Crippen molar-refractivity contribution in [2.75, 3.05) is 39.5 Å². The van der Waals surface area contributed by atoms with E-state index in [1.54, 1.807) is 0 Å². The lowest BCUT2D eigenvalue weighted by Crippen LogP contribution is -2.56. The average Bonchev–Trinajstić information content (AvgIpc) is 3.24. The zero-order chi connectivity index (χ0) is 14.4. The molecular formula is C14H26N2O4. The molecule has 116 valence electrons. The summed E-state index contributed by atoms with van der Waals surface area (Å²) in [7, 11) is 0. The second-order valence-corrected chi connectivity index (χ2v) is 5.21. The van der Waals surface area contributed by atoms with Crippen LogP contribution in [0.4, 0.5) is 0 Å². The van der Waals surface area contributed by atoms with Gasteiger partial charge in [-0.05, 0) is 26.7 Å². The normalized spacial score (nSPS) is 24.1. The summed E-state index contributed by atoms with van der Waals surface area (Å²) in [6.07, 6.45) is 1.92. The highest BCUT2D eigenvalue weighted by Gasteiger charge is 2.34. The number of morpholine rings is 1. The fourth-order valence-corrected chi connectivity index (χ4v) is 2.34. The van der Waals surface area contributed by atoms with E-state index in [0.29, 0.717) is 39.0 Å². The van der Waals surface area contributed by atoms with Crippen LogP contribution in [0.2, 0.25) is 0 Å². The predicted octanol–water partition coefficient (Wildman–Crippen LogP) is 0.365. The van der Waals surface area contributed by atoms with E-state index in [4.69, 9.17) is 14.2 Å². The molecule has 1 N–H and O–H groups in total. The Balaban J connectivity index is 1.88. The summed E-state index contributed by atoms with van der Waals surface area (Å²) in [6.45, 7) is 7.54. The molecule has 1 aliphatic carbocycles. The topological polar surface area (TPSA) is 60.0 Å². The molecule has 0 aromatic rings. The van der Waals surface area contributed by atoms with E-state index in [0.717, 1.165) is 19.4 Å². The Hall–Kier alpha value is -0.690. The lowest BCUT2D eigenvalue weighted by atomic mass is 10.2. The van der Waals surface area contributed by atoms with Gasteiger partial charge in [0.1, 0.15) is 6.04 Å². The van der Waals surface area contributed by atoms with Crippen molar-refractivity contribution in [1.29, 1.82) is 0 Å². The fraction of sp³-hybridized carbons (Fsp3) is 0.929. The van der Waals surface area contributed by atoms with Crippen molar-refractivity contribution < 1.29 is 19.0 Å². The van der Waals surface area contributed by atoms with Crippen LogP contribution < -0.4 is 5.32 Å². The van der Waals surface area contributed by atoms with E-state index in [-0.39, 0.29) is 18.2 Å². The van der Waals surface area contributed by atoms with Crippen molar-refractivity contribution in [3.05, 3.63) is 0 Å². The highest BCUT2D eigenvalue weighted by atomic mass is 16.7. The van der Waals surface area contributed by atoms with E-state index in [2.05, 4.69) is 10.2 Å². The summed E-state index contributed by atoms with van der Waals surface area (Å²) in [5, 5.41) is 3.05. The van der Waals surface area contributed by atoms with Gasteiger partial charge in [-0.2, -0.15) is 0 Å². The molecule has 1 amide bonds. The third-order valence-corrected chi connectivity index (χ3v) is 3.55. The van der Waals surface area contributed by atoms with Crippen molar-refractivity contribution in [2.45, 2.75) is 45.1 Å². The van der Waals surface area contributed by atoms with Crippen LogP contribution >= 0.6 is 0 Å². The van der Waals surface area contributed by atoms with Gasteiger partial charge in [0.25, 0.3) is 0 Å². The predicted molar refractivity (Wildman–Crippen MR) is 74.4 cm³/mol. The lowest BCUT2D eigenvalue weighted by molar-refractivity contribution is -0.163. The van der Waals surface area contributed by atoms with Gasteiger partial charge >= 0.3 is 0 Å². The van der Waals surface area contributed by atoms with Gasteiger partial charge in [-0.3, -0.25) is 9.69 Å². The van der Waals surface area contributed by atoms with Crippen molar-refractivity contribution in [3.63, 3.8) is 0 Å². The van der Waals surface area contributed by atoms with Crippen LogP contribution in [0, 0.1) is 0 Å². The molecule has 6 heteroatoms. The van der Waals surface area contributed by atoms with Gasteiger partial charge in [0, 0.05) is 25.8 Å². The molecule has 0 spiro atoms. The molecule has 0 radical (unpaired) electrons. The molecule has 0 bridgehead atoms. The van der Waals surface area contributed by atoms with Crippen molar-refractivity contribution in [1.82, 2.24) is 10.2 Å². The monoisotopic (exact) mass is 286 g/mol. The van der Waals surface area contributed by atoms with E-state index < -0.39 is 0 Å². The minimum Gasteiger partial charge on any atom is -0.378 e. The number of nitrogens with one attached hydrogen (secondary N) is 1. The average molecular weight is 286 g/mol. The molecule has 0 aromatic heterocycles. The molecule has 1 atom stereocenters. The van der Waals surface area contributed by atoms with E-state index in [1.165, 1.54) is 0 Å². The SMILES string of the molecule is CCOC(CN1CCOCC1C(=O)NC1CC1)OCC. The second-order valence-electron chi connectivity index (χ2n) is 5.21. The molecule has 2 rings (SSSR count). The Labute approximate surface area is 120 Å². The van der Waals surface area contributed by atoms with Gasteiger partial charge in [-0.1, -0.05) is 0 Å². The van der Waals surface area contributed by atoms with Gasteiger partial charge < -0.3 is 19.5 Å². The summed E-state index contributed by atoms with van der Waals surface area (Å²) in [5.41, 5.74) is 0. The zero-order valence-electron chi connectivity index (χ0n) is 12.5. The molecule has 1 saturated heterocycles. The Kier molecular flexibility index (Phi) is 6.22. The van der Waals surface area contributed by atoms with Gasteiger partial charge in [0.05, 0.1) is 19.8 Å². The maximum atomic E-state index is 12.2. The van der Waals surface area contributed by atoms with Crippen LogP contribution in [0.15, 0.2) is 0 Å². The van der Waals surface area contributed by atoms with Crippen molar-refractivity contribution in [3.8, 4) is 0 Å². The van der Waals surface area contributed by atoms with Crippen LogP contribution in [-0.4, -0.2) is 68.7 Å². The van der Waals surface area contributed by atoms with E-state index >= 15 is 0 Å². The van der Waals surface area contributed by atoms with Crippen LogP contribution in [0.25, 0.3) is 0 Å². The molecular weight excluding hydrogens is 260 g/mol. The lowest BCUT2D eigenvalue weighted by Gasteiger charge is -2.36. The summed E-state index contributed by atoms with van der Waals surface area (Å²) in [5.74, 6) is 0.0685. The van der Waals surface area contributed by atoms with Gasteiger partial charge in [0.15, 0.2) is 6.29 Å². The molecule has 6 nitrogen and oxygen atoms in total. The number of hydrogen-bond acceptors (Lipinski definition) is 5. The van der Waals surface area contributed by atoms with Crippen molar-refractivity contribution in [2.24, 2.45) is 0 Å². The quantitative estimate of drug-likeness (QED) is 0.653. The Morgan fingerprint density at radius 3 is 2.65 bits per heavy atom. The van der Waals surface area contributed by atoms with Gasteiger partial charge in [0.2, 0.25) is 5.91 Å². The molecule has 0 aromatic carbocycles. The molecule has 1 saturated carbocycles. The first-order valence-electron chi connectivity index (χ1n) is 7.60. The Bertz CT molecular complexity index is 304. The Morgan fingerprint density at radius 1 is 1.35 bits per heavy atom. The summed E-state index contributed by atoms with van der Waals surface area (Å²) in [4.78, 5) is 14.4. The first kappa shape index (κ1) is 15.7. The van der Waals surface area contributed by atoms with E-state index in [9.17, 15) is 4.79 Å². The zero-order valence-corrected chi connectivity index (χ0v) is 12.5. The van der Waals surface area contributed by atoms with Crippen LogP contribution in [-0.2, 0) is 19.0 Å². The number of nitrogens with zero attached hydrogens (tertiary/aromatic N) is 1. The summed E-state index contributed by atoms with van der Waals surface area (Å²) in [6, 6.07) is 0.147. The minimum atomic E-state index is -0.278. The largest absolute Gasteiger partial charge is 0.378 e. The maximum Gasteiger partial charge on any atom is 0.239 e. The first-order chi connectivity index (χ1) is 9.74.